The predicted molar refractivity (Wildman–Crippen MR) is 122 cm³/mol. The molecule has 0 saturated carbocycles. The molecule has 172 valence electrons. The van der Waals surface area contributed by atoms with Crippen LogP contribution in [0.5, 0.6) is 0 Å². The highest BCUT2D eigenvalue weighted by Gasteiger charge is 2.34. The second kappa shape index (κ2) is 8.33. The van der Waals surface area contributed by atoms with Crippen molar-refractivity contribution in [2.45, 2.75) is 57.6 Å². The lowest BCUT2D eigenvalue weighted by Crippen LogP contribution is -2.48. The van der Waals surface area contributed by atoms with Gasteiger partial charge in [-0.3, -0.25) is 14.9 Å². The number of carbonyl (C=O) groups excluding carboxylic acids is 2. The lowest BCUT2D eigenvalue weighted by atomic mass is 9.78. The van der Waals surface area contributed by atoms with Crippen LogP contribution in [0.1, 0.15) is 59.8 Å². The highest BCUT2D eigenvalue weighted by Crippen LogP contribution is 2.38. The minimum atomic E-state index is -3.67. The van der Waals surface area contributed by atoms with Crippen molar-refractivity contribution < 1.29 is 22.7 Å². The number of sulfonamides is 1. The molecule has 2 aromatic rings. The van der Waals surface area contributed by atoms with E-state index in [9.17, 15) is 18.0 Å². The van der Waals surface area contributed by atoms with Crippen molar-refractivity contribution in [2.24, 2.45) is 5.41 Å². The molecule has 32 heavy (non-hydrogen) atoms. The van der Waals surface area contributed by atoms with E-state index in [0.717, 1.165) is 5.69 Å². The maximum atomic E-state index is 13.0. The maximum Gasteiger partial charge on any atom is 0.257 e. The molecule has 2 atom stereocenters. The quantitative estimate of drug-likeness (QED) is 0.724. The first-order valence-corrected chi connectivity index (χ1v) is 12.8. The molecule has 1 aliphatic carbocycles. The number of ketones is 1. The van der Waals surface area contributed by atoms with Gasteiger partial charge < -0.3 is 4.74 Å². The molecule has 1 aliphatic heterocycles. The number of rotatable bonds is 4. The van der Waals surface area contributed by atoms with Crippen LogP contribution >= 0.6 is 11.3 Å². The number of ether oxygens (including phenoxy) is 1. The van der Waals surface area contributed by atoms with Gasteiger partial charge in [-0.25, -0.2) is 13.4 Å². The van der Waals surface area contributed by atoms with Gasteiger partial charge in [0.25, 0.3) is 5.91 Å². The molecule has 1 saturated heterocycles. The third-order valence-corrected chi connectivity index (χ3v) is 8.50. The standard InChI is InChI=1S/C22H27N3O5S2/c1-13-11-25(12-14(2)30-13)32(28,29)16-7-5-15(6-8-16)20(27)24-21-23-17-9-22(3,4)10-18(26)19(17)31-21/h5-8,13-14H,9-12H2,1-4H3,(H,23,24,27)/t13-,14-/m0/s1. The van der Waals surface area contributed by atoms with Crippen LogP contribution in [-0.4, -0.2) is 54.7 Å². The van der Waals surface area contributed by atoms with Gasteiger partial charge in [0.1, 0.15) is 0 Å². The van der Waals surface area contributed by atoms with Crippen molar-refractivity contribution in [3.63, 3.8) is 0 Å². The Balaban J connectivity index is 1.48. The Morgan fingerprint density at radius 1 is 1.16 bits per heavy atom. The Kier molecular flexibility index (Phi) is 6.00. The van der Waals surface area contributed by atoms with Crippen molar-refractivity contribution >= 4 is 38.2 Å². The number of nitrogens with one attached hydrogen (secondary N) is 1. The molecule has 1 fully saturated rings. The van der Waals surface area contributed by atoms with Gasteiger partial charge in [0, 0.05) is 25.1 Å². The Morgan fingerprint density at radius 3 is 2.41 bits per heavy atom. The summed E-state index contributed by atoms with van der Waals surface area (Å²) in [5, 5.41) is 3.11. The monoisotopic (exact) mass is 477 g/mol. The largest absolute Gasteiger partial charge is 0.373 e. The molecule has 0 radical (unpaired) electrons. The van der Waals surface area contributed by atoms with Crippen molar-refractivity contribution in [3.8, 4) is 0 Å². The first-order chi connectivity index (χ1) is 14.9. The zero-order valence-corrected chi connectivity index (χ0v) is 20.2. The SMILES string of the molecule is C[C@H]1CN(S(=O)(=O)c2ccc(C(=O)Nc3nc4c(s3)C(=O)CC(C)(C)C4)cc2)C[C@H](C)O1. The van der Waals surface area contributed by atoms with Gasteiger partial charge >= 0.3 is 0 Å². The zero-order valence-electron chi connectivity index (χ0n) is 18.5. The van der Waals surface area contributed by atoms with E-state index in [2.05, 4.69) is 10.3 Å². The first-order valence-electron chi connectivity index (χ1n) is 10.5. The molecular formula is C22H27N3O5S2. The number of thiazole rings is 1. The number of anilines is 1. The molecule has 8 nitrogen and oxygen atoms in total. The summed E-state index contributed by atoms with van der Waals surface area (Å²) in [5.74, 6) is -0.351. The molecule has 2 aliphatic rings. The summed E-state index contributed by atoms with van der Waals surface area (Å²) >= 11 is 1.19. The Bertz CT molecular complexity index is 1140. The molecule has 4 rings (SSSR count). The van der Waals surface area contributed by atoms with Crippen molar-refractivity contribution in [3.05, 3.63) is 40.4 Å². The minimum absolute atomic E-state index is 0.0514. The van der Waals surface area contributed by atoms with E-state index >= 15 is 0 Å². The van der Waals surface area contributed by atoms with Crippen molar-refractivity contribution in [2.75, 3.05) is 18.4 Å². The average Bonchev–Trinajstić information content (AvgIpc) is 3.08. The number of Topliss-reactive ketones (excluding diaryl/α,β-unsaturated/α-hetero) is 1. The predicted octanol–water partition coefficient (Wildman–Crippen LogP) is 3.35. The number of aromatic nitrogens is 1. The smallest absolute Gasteiger partial charge is 0.257 e. The van der Waals surface area contributed by atoms with Crippen molar-refractivity contribution in [1.29, 1.82) is 0 Å². The third kappa shape index (κ3) is 4.63. The van der Waals surface area contributed by atoms with E-state index in [1.807, 2.05) is 27.7 Å². The number of carbonyl (C=O) groups is 2. The molecule has 0 unspecified atom stereocenters. The van der Waals surface area contributed by atoms with Crippen LogP contribution in [0.25, 0.3) is 0 Å². The minimum Gasteiger partial charge on any atom is -0.373 e. The summed E-state index contributed by atoms with van der Waals surface area (Å²) in [5.41, 5.74) is 0.894. The summed E-state index contributed by atoms with van der Waals surface area (Å²) < 4.78 is 33.0. The first kappa shape index (κ1) is 23.0. The number of fused-ring (bicyclic) bond motifs is 1. The fraction of sp³-hybridized carbons (Fsp3) is 0.500. The van der Waals surface area contributed by atoms with Crippen LogP contribution in [0.3, 0.4) is 0 Å². The summed E-state index contributed by atoms with van der Waals surface area (Å²) in [6, 6.07) is 5.84. The number of hydrogen-bond donors (Lipinski definition) is 1. The van der Waals surface area contributed by atoms with E-state index in [1.165, 1.54) is 39.9 Å². The van der Waals surface area contributed by atoms with E-state index < -0.39 is 15.9 Å². The summed E-state index contributed by atoms with van der Waals surface area (Å²) in [4.78, 5) is 30.2. The number of amides is 1. The highest BCUT2D eigenvalue weighted by atomic mass is 32.2. The molecule has 0 bridgehead atoms. The lowest BCUT2D eigenvalue weighted by Gasteiger charge is -2.34. The van der Waals surface area contributed by atoms with Gasteiger partial charge in [0.15, 0.2) is 10.9 Å². The van der Waals surface area contributed by atoms with Gasteiger partial charge in [0.2, 0.25) is 10.0 Å². The van der Waals surface area contributed by atoms with Gasteiger partial charge in [-0.1, -0.05) is 25.2 Å². The third-order valence-electron chi connectivity index (χ3n) is 5.60. The molecule has 2 heterocycles. The van der Waals surface area contributed by atoms with Crippen LogP contribution in [-0.2, 0) is 21.2 Å². The molecule has 0 spiro atoms. The summed E-state index contributed by atoms with van der Waals surface area (Å²) in [6.07, 6.45) is 0.790. The number of morpholine rings is 1. The summed E-state index contributed by atoms with van der Waals surface area (Å²) in [7, 11) is -3.67. The van der Waals surface area contributed by atoms with Gasteiger partial charge in [-0.2, -0.15) is 4.31 Å². The zero-order chi connectivity index (χ0) is 23.3. The normalized spacial score (nSPS) is 23.6. The highest BCUT2D eigenvalue weighted by molar-refractivity contribution is 7.89. The fourth-order valence-corrected chi connectivity index (χ4v) is 6.70. The maximum absolute atomic E-state index is 13.0. The molecule has 1 N–H and O–H groups in total. The second-order valence-electron chi connectivity index (χ2n) is 9.29. The van der Waals surface area contributed by atoms with E-state index in [4.69, 9.17) is 4.74 Å². The number of nitrogens with zero attached hydrogens (tertiary/aromatic N) is 2. The van der Waals surface area contributed by atoms with Gasteiger partial charge in [0.05, 0.1) is 27.7 Å². The lowest BCUT2D eigenvalue weighted by molar-refractivity contribution is -0.0440. The topological polar surface area (TPSA) is 106 Å². The molecule has 10 heteroatoms. The number of benzene rings is 1. The molecule has 1 aromatic heterocycles. The Morgan fingerprint density at radius 2 is 1.78 bits per heavy atom. The van der Waals surface area contributed by atoms with Crippen LogP contribution < -0.4 is 5.32 Å². The van der Waals surface area contributed by atoms with E-state index in [1.54, 1.807) is 0 Å². The van der Waals surface area contributed by atoms with Gasteiger partial charge in [-0.15, -0.1) is 0 Å². The number of hydrogen-bond acceptors (Lipinski definition) is 7. The van der Waals surface area contributed by atoms with Crippen LogP contribution in [0.2, 0.25) is 0 Å². The Hall–Kier alpha value is -2.14. The molecular weight excluding hydrogens is 450 g/mol. The molecule has 1 aromatic carbocycles. The molecule has 1 amide bonds. The van der Waals surface area contributed by atoms with Crippen LogP contribution in [0.4, 0.5) is 5.13 Å². The Labute approximate surface area is 192 Å². The van der Waals surface area contributed by atoms with E-state index in [0.29, 0.717) is 41.5 Å². The summed E-state index contributed by atoms with van der Waals surface area (Å²) in [6.45, 7) is 8.32. The van der Waals surface area contributed by atoms with Crippen LogP contribution in [0.15, 0.2) is 29.2 Å². The van der Waals surface area contributed by atoms with E-state index in [-0.39, 0.29) is 28.3 Å². The fourth-order valence-electron chi connectivity index (χ4n) is 4.20. The van der Waals surface area contributed by atoms with Crippen molar-refractivity contribution in [1.82, 2.24) is 9.29 Å². The van der Waals surface area contributed by atoms with Gasteiger partial charge in [-0.05, 0) is 49.9 Å². The van der Waals surface area contributed by atoms with Crippen LogP contribution in [0, 0.1) is 5.41 Å². The second-order valence-corrected chi connectivity index (χ2v) is 12.2. The average molecular weight is 478 g/mol.